The Morgan fingerprint density at radius 2 is 1.80 bits per heavy atom. The lowest BCUT2D eigenvalue weighted by Gasteiger charge is -2.32. The van der Waals surface area contributed by atoms with Crippen LogP contribution in [0.2, 0.25) is 0 Å². The topological polar surface area (TPSA) is 42.7 Å². The summed E-state index contributed by atoms with van der Waals surface area (Å²) in [6.45, 7) is 7.96. The molecule has 0 bridgehead atoms. The van der Waals surface area contributed by atoms with E-state index in [9.17, 15) is 0 Å². The van der Waals surface area contributed by atoms with Crippen molar-refractivity contribution in [2.24, 2.45) is 4.99 Å². The standard InChI is InChI=1S/C10H20N4.CH4/c1-4-9(2)12-10(11)14-7-5-13(3)6-8-14;/h11H,4-8H2,1-3H3;1H4/b11-10?,12-9+;. The van der Waals surface area contributed by atoms with Gasteiger partial charge in [-0.1, -0.05) is 14.4 Å². The van der Waals surface area contributed by atoms with E-state index in [0.29, 0.717) is 5.96 Å². The number of rotatable bonds is 1. The molecule has 1 saturated heterocycles. The zero-order chi connectivity index (χ0) is 10.6. The fraction of sp³-hybridized carbons (Fsp3) is 0.818. The molecular weight excluding hydrogens is 188 g/mol. The molecule has 0 aromatic carbocycles. The summed E-state index contributed by atoms with van der Waals surface area (Å²) in [5, 5.41) is 7.80. The van der Waals surface area contributed by atoms with Crippen LogP contribution in [0.3, 0.4) is 0 Å². The molecule has 0 atom stereocenters. The monoisotopic (exact) mass is 212 g/mol. The van der Waals surface area contributed by atoms with E-state index >= 15 is 0 Å². The molecule has 1 rings (SSSR count). The first-order valence-corrected chi connectivity index (χ1v) is 5.19. The van der Waals surface area contributed by atoms with Crippen molar-refractivity contribution in [3.8, 4) is 0 Å². The second-order valence-corrected chi connectivity index (χ2v) is 3.81. The van der Waals surface area contributed by atoms with Crippen LogP contribution in [0.5, 0.6) is 0 Å². The number of hydrogen-bond donors (Lipinski definition) is 1. The predicted molar refractivity (Wildman–Crippen MR) is 66.9 cm³/mol. The molecule has 88 valence electrons. The first kappa shape index (κ1) is 14.1. The van der Waals surface area contributed by atoms with Crippen molar-refractivity contribution in [1.29, 1.82) is 5.41 Å². The molecule has 0 aliphatic carbocycles. The molecule has 1 N–H and O–H groups in total. The quantitative estimate of drug-likeness (QED) is 0.531. The molecule has 0 unspecified atom stereocenters. The average Bonchev–Trinajstić information content (AvgIpc) is 2.18. The van der Waals surface area contributed by atoms with E-state index in [0.717, 1.165) is 38.3 Å². The normalized spacial score (nSPS) is 18.6. The lowest BCUT2D eigenvalue weighted by Crippen LogP contribution is -2.46. The van der Waals surface area contributed by atoms with Crippen molar-refractivity contribution in [2.45, 2.75) is 27.7 Å². The minimum atomic E-state index is 0. The van der Waals surface area contributed by atoms with Gasteiger partial charge in [0.25, 0.3) is 0 Å². The van der Waals surface area contributed by atoms with Gasteiger partial charge >= 0.3 is 0 Å². The lowest BCUT2D eigenvalue weighted by atomic mass is 10.3. The summed E-state index contributed by atoms with van der Waals surface area (Å²) in [4.78, 5) is 8.57. The molecule has 1 fully saturated rings. The smallest absolute Gasteiger partial charge is 0.217 e. The summed E-state index contributed by atoms with van der Waals surface area (Å²) in [7, 11) is 2.11. The zero-order valence-corrected chi connectivity index (χ0v) is 9.38. The number of hydrogen-bond acceptors (Lipinski definition) is 2. The summed E-state index contributed by atoms with van der Waals surface area (Å²) < 4.78 is 0. The lowest BCUT2D eigenvalue weighted by molar-refractivity contribution is 0.213. The van der Waals surface area contributed by atoms with Crippen LogP contribution in [-0.4, -0.2) is 54.7 Å². The van der Waals surface area contributed by atoms with Crippen LogP contribution in [-0.2, 0) is 0 Å². The highest BCUT2D eigenvalue weighted by Crippen LogP contribution is 2.01. The first-order chi connectivity index (χ1) is 6.63. The maximum absolute atomic E-state index is 7.80. The molecule has 0 aromatic rings. The van der Waals surface area contributed by atoms with Crippen molar-refractivity contribution in [3.05, 3.63) is 0 Å². The minimum Gasteiger partial charge on any atom is -0.339 e. The number of nitrogens with one attached hydrogen (secondary N) is 1. The second-order valence-electron chi connectivity index (χ2n) is 3.81. The molecule has 0 saturated carbocycles. The zero-order valence-electron chi connectivity index (χ0n) is 9.38. The predicted octanol–water partition coefficient (Wildman–Crippen LogP) is 1.68. The number of piperazine rings is 1. The van der Waals surface area contributed by atoms with Gasteiger partial charge in [-0.15, -0.1) is 0 Å². The SMILES string of the molecule is C.CC/C(C)=N/C(=N)N1CCN(C)CC1. The molecule has 0 amide bonds. The van der Waals surface area contributed by atoms with E-state index in [1.807, 2.05) is 11.8 Å². The summed E-state index contributed by atoms with van der Waals surface area (Å²) in [6.07, 6.45) is 0.927. The molecule has 4 nitrogen and oxygen atoms in total. The van der Waals surface area contributed by atoms with Crippen LogP contribution in [0, 0.1) is 5.41 Å². The Hall–Kier alpha value is -0.900. The fourth-order valence-electron chi connectivity index (χ4n) is 1.35. The Balaban J connectivity index is 0.00000196. The number of likely N-dealkylation sites (N-methyl/N-ethyl adjacent to an activating group) is 1. The third kappa shape index (κ3) is 4.42. The minimum absolute atomic E-state index is 0. The number of aliphatic imine (C=N–C) groups is 1. The molecule has 4 heteroatoms. The molecule has 15 heavy (non-hydrogen) atoms. The third-order valence-electron chi connectivity index (χ3n) is 2.61. The molecule has 0 spiro atoms. The summed E-state index contributed by atoms with van der Waals surface area (Å²) in [5.41, 5.74) is 1.04. The summed E-state index contributed by atoms with van der Waals surface area (Å²) >= 11 is 0. The Morgan fingerprint density at radius 1 is 1.27 bits per heavy atom. The van der Waals surface area contributed by atoms with Crippen LogP contribution >= 0.6 is 0 Å². The first-order valence-electron chi connectivity index (χ1n) is 5.19. The van der Waals surface area contributed by atoms with Crippen LogP contribution in [0.4, 0.5) is 0 Å². The van der Waals surface area contributed by atoms with Crippen molar-refractivity contribution < 1.29 is 0 Å². The van der Waals surface area contributed by atoms with Gasteiger partial charge in [0.1, 0.15) is 0 Å². The van der Waals surface area contributed by atoms with Gasteiger partial charge in [0.15, 0.2) is 0 Å². The number of nitrogens with zero attached hydrogens (tertiary/aromatic N) is 3. The van der Waals surface area contributed by atoms with Gasteiger partial charge in [0.2, 0.25) is 5.96 Å². The maximum atomic E-state index is 7.80. The van der Waals surface area contributed by atoms with E-state index < -0.39 is 0 Å². The van der Waals surface area contributed by atoms with E-state index in [2.05, 4.69) is 23.9 Å². The summed E-state index contributed by atoms with van der Waals surface area (Å²) in [6, 6.07) is 0. The number of guanidine groups is 1. The van der Waals surface area contributed by atoms with Gasteiger partial charge < -0.3 is 9.80 Å². The fourth-order valence-corrected chi connectivity index (χ4v) is 1.35. The van der Waals surface area contributed by atoms with Gasteiger partial charge in [0, 0.05) is 31.9 Å². The Bertz CT molecular complexity index is 227. The largest absolute Gasteiger partial charge is 0.339 e. The highest BCUT2D eigenvalue weighted by Gasteiger charge is 2.15. The molecule has 1 aliphatic rings. The Kier molecular flexibility index (Phi) is 6.17. The van der Waals surface area contributed by atoms with E-state index in [-0.39, 0.29) is 7.43 Å². The van der Waals surface area contributed by atoms with Crippen molar-refractivity contribution in [2.75, 3.05) is 33.2 Å². The summed E-state index contributed by atoms with van der Waals surface area (Å²) in [5.74, 6) is 0.428. The van der Waals surface area contributed by atoms with Gasteiger partial charge in [-0.05, 0) is 20.4 Å². The molecule has 0 radical (unpaired) electrons. The van der Waals surface area contributed by atoms with Crippen LogP contribution in [0.25, 0.3) is 0 Å². The van der Waals surface area contributed by atoms with Gasteiger partial charge in [-0.2, -0.15) is 0 Å². The average molecular weight is 212 g/mol. The second kappa shape index (κ2) is 6.56. The Morgan fingerprint density at radius 3 is 2.27 bits per heavy atom. The van der Waals surface area contributed by atoms with E-state index in [1.54, 1.807) is 0 Å². The van der Waals surface area contributed by atoms with Crippen molar-refractivity contribution in [3.63, 3.8) is 0 Å². The van der Waals surface area contributed by atoms with Gasteiger partial charge in [0.05, 0.1) is 0 Å². The van der Waals surface area contributed by atoms with Crippen LogP contribution in [0.15, 0.2) is 4.99 Å². The van der Waals surface area contributed by atoms with E-state index in [4.69, 9.17) is 5.41 Å². The Labute approximate surface area is 93.5 Å². The van der Waals surface area contributed by atoms with Crippen molar-refractivity contribution >= 4 is 11.7 Å². The molecule has 0 aromatic heterocycles. The molecule has 1 heterocycles. The maximum Gasteiger partial charge on any atom is 0.217 e. The van der Waals surface area contributed by atoms with Crippen LogP contribution in [0.1, 0.15) is 27.7 Å². The highest BCUT2D eigenvalue weighted by molar-refractivity contribution is 5.94. The van der Waals surface area contributed by atoms with Gasteiger partial charge in [-0.3, -0.25) is 5.41 Å². The third-order valence-corrected chi connectivity index (χ3v) is 2.61. The van der Waals surface area contributed by atoms with Crippen LogP contribution < -0.4 is 0 Å². The molecular formula is C11H24N4. The van der Waals surface area contributed by atoms with E-state index in [1.165, 1.54) is 0 Å². The molecule has 1 aliphatic heterocycles. The van der Waals surface area contributed by atoms with Gasteiger partial charge in [-0.25, -0.2) is 4.99 Å². The highest BCUT2D eigenvalue weighted by atomic mass is 15.3. The van der Waals surface area contributed by atoms with Crippen molar-refractivity contribution in [1.82, 2.24) is 9.80 Å².